The van der Waals surface area contributed by atoms with E-state index in [0.717, 1.165) is 30.2 Å². The SMILES string of the molecule is CCCNCc1cccn1-c1cc(Cl)ccc1C. The summed E-state index contributed by atoms with van der Waals surface area (Å²) in [6, 6.07) is 10.2. The van der Waals surface area contributed by atoms with Gasteiger partial charge in [-0.25, -0.2) is 0 Å². The van der Waals surface area contributed by atoms with Gasteiger partial charge in [0.2, 0.25) is 0 Å². The Morgan fingerprint density at radius 3 is 2.89 bits per heavy atom. The summed E-state index contributed by atoms with van der Waals surface area (Å²) < 4.78 is 2.20. The Labute approximate surface area is 114 Å². The van der Waals surface area contributed by atoms with Crippen LogP contribution in [0.3, 0.4) is 0 Å². The van der Waals surface area contributed by atoms with Crippen LogP contribution in [0.4, 0.5) is 0 Å². The predicted molar refractivity (Wildman–Crippen MR) is 77.5 cm³/mol. The first-order chi connectivity index (χ1) is 8.72. The van der Waals surface area contributed by atoms with Gasteiger partial charge in [0, 0.05) is 29.1 Å². The van der Waals surface area contributed by atoms with Crippen LogP contribution in [0.25, 0.3) is 5.69 Å². The maximum atomic E-state index is 6.08. The van der Waals surface area contributed by atoms with Crippen molar-refractivity contribution in [3.8, 4) is 5.69 Å². The van der Waals surface area contributed by atoms with Crippen molar-refractivity contribution in [2.45, 2.75) is 26.8 Å². The Hall–Kier alpha value is -1.25. The molecule has 0 bridgehead atoms. The number of hydrogen-bond acceptors (Lipinski definition) is 1. The number of halogens is 1. The van der Waals surface area contributed by atoms with Crippen molar-refractivity contribution in [2.24, 2.45) is 0 Å². The van der Waals surface area contributed by atoms with E-state index in [1.807, 2.05) is 12.1 Å². The first-order valence-corrected chi connectivity index (χ1v) is 6.73. The molecule has 2 nitrogen and oxygen atoms in total. The molecule has 1 aromatic heterocycles. The molecule has 2 aromatic rings. The van der Waals surface area contributed by atoms with Crippen molar-refractivity contribution in [3.05, 3.63) is 52.8 Å². The number of rotatable bonds is 5. The molecule has 0 fully saturated rings. The number of aromatic nitrogens is 1. The average molecular weight is 263 g/mol. The van der Waals surface area contributed by atoms with Gasteiger partial charge in [-0.15, -0.1) is 0 Å². The molecule has 18 heavy (non-hydrogen) atoms. The van der Waals surface area contributed by atoms with Crippen molar-refractivity contribution >= 4 is 11.6 Å². The third-order valence-corrected chi connectivity index (χ3v) is 3.23. The lowest BCUT2D eigenvalue weighted by Gasteiger charge is -2.13. The van der Waals surface area contributed by atoms with Crippen LogP contribution in [0.2, 0.25) is 5.02 Å². The van der Waals surface area contributed by atoms with Crippen LogP contribution in [0.1, 0.15) is 24.6 Å². The summed E-state index contributed by atoms with van der Waals surface area (Å²) in [6.07, 6.45) is 3.23. The molecular weight excluding hydrogens is 244 g/mol. The van der Waals surface area contributed by atoms with E-state index >= 15 is 0 Å². The molecule has 3 heteroatoms. The van der Waals surface area contributed by atoms with Crippen LogP contribution >= 0.6 is 11.6 Å². The molecule has 1 heterocycles. The molecule has 0 aliphatic carbocycles. The first kappa shape index (κ1) is 13.2. The topological polar surface area (TPSA) is 17.0 Å². The van der Waals surface area contributed by atoms with Crippen molar-refractivity contribution in [2.75, 3.05) is 6.54 Å². The minimum Gasteiger partial charge on any atom is -0.319 e. The van der Waals surface area contributed by atoms with Gasteiger partial charge in [-0.2, -0.15) is 0 Å². The van der Waals surface area contributed by atoms with Gasteiger partial charge in [0.1, 0.15) is 0 Å². The zero-order valence-corrected chi connectivity index (χ0v) is 11.7. The summed E-state index contributed by atoms with van der Waals surface area (Å²) in [5, 5.41) is 4.20. The Morgan fingerprint density at radius 2 is 2.11 bits per heavy atom. The Balaban J connectivity index is 2.27. The zero-order chi connectivity index (χ0) is 13.0. The molecule has 0 unspecified atom stereocenters. The second-order valence-corrected chi connectivity index (χ2v) is 4.91. The molecule has 1 aromatic carbocycles. The number of hydrogen-bond donors (Lipinski definition) is 1. The summed E-state index contributed by atoms with van der Waals surface area (Å²) in [7, 11) is 0. The zero-order valence-electron chi connectivity index (χ0n) is 10.9. The Morgan fingerprint density at radius 1 is 1.28 bits per heavy atom. The molecule has 0 atom stereocenters. The number of nitrogens with zero attached hydrogens (tertiary/aromatic N) is 1. The fourth-order valence-corrected chi connectivity index (χ4v) is 2.20. The monoisotopic (exact) mass is 262 g/mol. The van der Waals surface area contributed by atoms with Crippen LogP contribution in [0, 0.1) is 6.92 Å². The van der Waals surface area contributed by atoms with Gasteiger partial charge in [0.15, 0.2) is 0 Å². The van der Waals surface area contributed by atoms with Crippen LogP contribution in [-0.2, 0) is 6.54 Å². The van der Waals surface area contributed by atoms with Crippen molar-refractivity contribution in [3.63, 3.8) is 0 Å². The van der Waals surface area contributed by atoms with E-state index in [1.165, 1.54) is 11.3 Å². The van der Waals surface area contributed by atoms with Crippen molar-refractivity contribution in [1.82, 2.24) is 9.88 Å². The largest absolute Gasteiger partial charge is 0.319 e. The highest BCUT2D eigenvalue weighted by Crippen LogP contribution is 2.21. The normalized spacial score (nSPS) is 10.8. The van der Waals surface area contributed by atoms with E-state index in [1.54, 1.807) is 0 Å². The van der Waals surface area contributed by atoms with Crippen LogP contribution in [-0.4, -0.2) is 11.1 Å². The van der Waals surface area contributed by atoms with Gasteiger partial charge >= 0.3 is 0 Å². The maximum absolute atomic E-state index is 6.08. The fraction of sp³-hybridized carbons (Fsp3) is 0.333. The smallest absolute Gasteiger partial charge is 0.0496 e. The average Bonchev–Trinajstić information content (AvgIpc) is 2.81. The molecule has 0 aliphatic heterocycles. The molecule has 96 valence electrons. The quantitative estimate of drug-likeness (QED) is 0.808. The van der Waals surface area contributed by atoms with Crippen LogP contribution < -0.4 is 5.32 Å². The lowest BCUT2D eigenvalue weighted by Crippen LogP contribution is -2.16. The van der Waals surface area contributed by atoms with Crippen molar-refractivity contribution in [1.29, 1.82) is 0 Å². The van der Waals surface area contributed by atoms with E-state index in [2.05, 4.69) is 48.1 Å². The fourth-order valence-electron chi connectivity index (χ4n) is 2.03. The first-order valence-electron chi connectivity index (χ1n) is 6.36. The number of aryl methyl sites for hydroxylation is 1. The standard InChI is InChI=1S/C15H19ClN2/c1-3-8-17-11-14-5-4-9-18(14)15-10-13(16)7-6-12(15)2/h4-7,9-10,17H,3,8,11H2,1-2H3. The Bertz CT molecular complexity index is 517. The molecule has 0 saturated heterocycles. The third kappa shape index (κ3) is 2.95. The minimum absolute atomic E-state index is 0.775. The molecule has 0 aliphatic rings. The van der Waals surface area contributed by atoms with Gasteiger partial charge < -0.3 is 9.88 Å². The van der Waals surface area contributed by atoms with Gasteiger partial charge in [-0.3, -0.25) is 0 Å². The van der Waals surface area contributed by atoms with E-state index in [9.17, 15) is 0 Å². The van der Waals surface area contributed by atoms with E-state index in [0.29, 0.717) is 0 Å². The lowest BCUT2D eigenvalue weighted by molar-refractivity contribution is 0.656. The second-order valence-electron chi connectivity index (χ2n) is 4.48. The second kappa shape index (κ2) is 6.07. The van der Waals surface area contributed by atoms with Gasteiger partial charge in [0.25, 0.3) is 0 Å². The molecule has 0 radical (unpaired) electrons. The summed E-state index contributed by atoms with van der Waals surface area (Å²) in [5.74, 6) is 0. The lowest BCUT2D eigenvalue weighted by atomic mass is 10.2. The van der Waals surface area contributed by atoms with Gasteiger partial charge in [0.05, 0.1) is 0 Å². The molecule has 0 amide bonds. The summed E-state index contributed by atoms with van der Waals surface area (Å²) in [6.45, 7) is 6.20. The highest BCUT2D eigenvalue weighted by molar-refractivity contribution is 6.30. The number of nitrogens with one attached hydrogen (secondary N) is 1. The highest BCUT2D eigenvalue weighted by Gasteiger charge is 2.06. The van der Waals surface area contributed by atoms with E-state index < -0.39 is 0 Å². The Kier molecular flexibility index (Phi) is 4.45. The third-order valence-electron chi connectivity index (χ3n) is 3.00. The van der Waals surface area contributed by atoms with Gasteiger partial charge in [-0.05, 0) is 49.7 Å². The maximum Gasteiger partial charge on any atom is 0.0496 e. The molecule has 0 saturated carbocycles. The van der Waals surface area contributed by atoms with E-state index in [-0.39, 0.29) is 0 Å². The predicted octanol–water partition coefficient (Wildman–Crippen LogP) is 3.94. The highest BCUT2D eigenvalue weighted by atomic mass is 35.5. The van der Waals surface area contributed by atoms with Crippen LogP contribution in [0.15, 0.2) is 36.5 Å². The van der Waals surface area contributed by atoms with E-state index in [4.69, 9.17) is 11.6 Å². The van der Waals surface area contributed by atoms with Crippen LogP contribution in [0.5, 0.6) is 0 Å². The molecule has 0 spiro atoms. The van der Waals surface area contributed by atoms with Gasteiger partial charge in [-0.1, -0.05) is 24.6 Å². The van der Waals surface area contributed by atoms with Crippen molar-refractivity contribution < 1.29 is 0 Å². The molecular formula is C15H19ClN2. The summed E-state index contributed by atoms with van der Waals surface area (Å²) >= 11 is 6.08. The summed E-state index contributed by atoms with van der Waals surface area (Å²) in [5.41, 5.74) is 3.64. The minimum atomic E-state index is 0.775. The summed E-state index contributed by atoms with van der Waals surface area (Å²) in [4.78, 5) is 0. The number of benzene rings is 1. The molecule has 1 N–H and O–H groups in total. The molecule has 2 rings (SSSR count).